The molecule has 0 unspecified atom stereocenters. The number of hydrazone groups is 1. The van der Waals surface area contributed by atoms with Crippen LogP contribution < -0.4 is 5.43 Å². The van der Waals surface area contributed by atoms with Gasteiger partial charge < -0.3 is 5.11 Å². The molecule has 6 nitrogen and oxygen atoms in total. The Balaban J connectivity index is 1.51. The maximum absolute atomic E-state index is 12.3. The van der Waals surface area contributed by atoms with Gasteiger partial charge in [0.2, 0.25) is 0 Å². The summed E-state index contributed by atoms with van der Waals surface area (Å²) in [5, 5.41) is 22.8. The van der Waals surface area contributed by atoms with Crippen LogP contribution in [0.3, 0.4) is 0 Å². The summed E-state index contributed by atoms with van der Waals surface area (Å²) < 4.78 is 0. The first kappa shape index (κ1) is 17.5. The molecule has 0 saturated carbocycles. The van der Waals surface area contributed by atoms with Gasteiger partial charge in [0.25, 0.3) is 5.91 Å². The molecule has 0 atom stereocenters. The maximum Gasteiger partial charge on any atom is 0.289 e. The van der Waals surface area contributed by atoms with Gasteiger partial charge in [0.1, 0.15) is 11.4 Å². The molecule has 1 amide bonds. The molecule has 4 rings (SSSR count). The Morgan fingerprint density at radius 1 is 1.11 bits per heavy atom. The molecule has 3 N–H and O–H groups in total. The second kappa shape index (κ2) is 7.36. The first-order valence-corrected chi connectivity index (χ1v) is 8.78. The standard InChI is InChI=1S/C22H18N4O2/c1-14-6-8-16(9-7-14)19-12-20(25-24-19)22(28)26-23-13-18-17-5-3-2-4-15(17)10-11-21(18)27/h2-13,27H,1H3,(H,24,25)(H,26,28)/b23-13-. The fourth-order valence-electron chi connectivity index (χ4n) is 2.95. The van der Waals surface area contributed by atoms with Crippen LogP contribution in [0.15, 0.2) is 71.8 Å². The van der Waals surface area contributed by atoms with Crippen molar-refractivity contribution in [2.24, 2.45) is 5.10 Å². The van der Waals surface area contributed by atoms with Crippen molar-refractivity contribution in [2.45, 2.75) is 6.92 Å². The average Bonchev–Trinajstić information content (AvgIpc) is 3.20. The quantitative estimate of drug-likeness (QED) is 0.374. The van der Waals surface area contributed by atoms with Crippen molar-refractivity contribution in [2.75, 3.05) is 0 Å². The summed E-state index contributed by atoms with van der Waals surface area (Å²) in [4.78, 5) is 12.3. The van der Waals surface area contributed by atoms with Gasteiger partial charge in [0.15, 0.2) is 0 Å². The number of benzene rings is 3. The lowest BCUT2D eigenvalue weighted by molar-refractivity contribution is 0.0950. The van der Waals surface area contributed by atoms with Crippen LogP contribution in [0.5, 0.6) is 5.75 Å². The van der Waals surface area contributed by atoms with Gasteiger partial charge in [-0.1, -0.05) is 60.2 Å². The van der Waals surface area contributed by atoms with E-state index in [4.69, 9.17) is 0 Å². The van der Waals surface area contributed by atoms with Gasteiger partial charge in [-0.25, -0.2) is 5.43 Å². The molecular formula is C22H18N4O2. The van der Waals surface area contributed by atoms with Gasteiger partial charge in [0.05, 0.1) is 11.9 Å². The number of phenols is 1. The molecule has 1 heterocycles. The summed E-state index contributed by atoms with van der Waals surface area (Å²) in [5.41, 5.74) is 6.07. The number of amides is 1. The number of rotatable bonds is 4. The van der Waals surface area contributed by atoms with Crippen molar-refractivity contribution >= 4 is 22.9 Å². The summed E-state index contributed by atoms with van der Waals surface area (Å²) in [6.07, 6.45) is 1.44. The van der Waals surface area contributed by atoms with Crippen LogP contribution in [-0.4, -0.2) is 27.4 Å². The zero-order valence-corrected chi connectivity index (χ0v) is 15.2. The fourth-order valence-corrected chi connectivity index (χ4v) is 2.95. The van der Waals surface area contributed by atoms with Gasteiger partial charge >= 0.3 is 0 Å². The molecule has 4 aromatic rings. The molecule has 0 aliphatic rings. The zero-order valence-electron chi connectivity index (χ0n) is 15.2. The SMILES string of the molecule is Cc1ccc(-c2cc(C(=O)N/N=C\c3c(O)ccc4ccccc34)[nH]n2)cc1. The Morgan fingerprint density at radius 2 is 1.89 bits per heavy atom. The Bertz CT molecular complexity index is 1180. The monoisotopic (exact) mass is 370 g/mol. The molecule has 0 fully saturated rings. The largest absolute Gasteiger partial charge is 0.507 e. The normalized spacial score (nSPS) is 11.2. The highest BCUT2D eigenvalue weighted by Gasteiger charge is 2.11. The Hall–Kier alpha value is -3.93. The Labute approximate surface area is 161 Å². The Kier molecular flexibility index (Phi) is 4.60. The van der Waals surface area contributed by atoms with E-state index in [9.17, 15) is 9.90 Å². The minimum Gasteiger partial charge on any atom is -0.507 e. The number of carbonyl (C=O) groups is 1. The summed E-state index contributed by atoms with van der Waals surface area (Å²) in [5.74, 6) is -0.318. The number of H-pyrrole nitrogens is 1. The van der Waals surface area contributed by atoms with E-state index in [0.29, 0.717) is 17.0 Å². The number of phenolic OH excluding ortho intramolecular Hbond substituents is 1. The number of nitrogens with one attached hydrogen (secondary N) is 2. The highest BCUT2D eigenvalue weighted by atomic mass is 16.3. The van der Waals surface area contributed by atoms with Crippen LogP contribution >= 0.6 is 0 Å². The van der Waals surface area contributed by atoms with Crippen molar-refractivity contribution < 1.29 is 9.90 Å². The van der Waals surface area contributed by atoms with Gasteiger partial charge in [-0.15, -0.1) is 0 Å². The third-order valence-electron chi connectivity index (χ3n) is 4.48. The molecule has 3 aromatic carbocycles. The molecule has 0 aliphatic carbocycles. The van der Waals surface area contributed by atoms with E-state index in [1.54, 1.807) is 12.1 Å². The molecule has 1 aromatic heterocycles. The van der Waals surface area contributed by atoms with E-state index < -0.39 is 5.91 Å². The first-order valence-electron chi connectivity index (χ1n) is 8.78. The van der Waals surface area contributed by atoms with E-state index in [-0.39, 0.29) is 5.75 Å². The number of aromatic amines is 1. The molecule has 0 aliphatic heterocycles. The highest BCUT2D eigenvalue weighted by molar-refractivity contribution is 6.03. The van der Waals surface area contributed by atoms with Crippen molar-refractivity contribution in [1.82, 2.24) is 15.6 Å². The molecule has 0 saturated heterocycles. The van der Waals surface area contributed by atoms with E-state index in [1.165, 1.54) is 6.21 Å². The second-order valence-corrected chi connectivity index (χ2v) is 6.45. The van der Waals surface area contributed by atoms with Crippen molar-refractivity contribution in [3.05, 3.63) is 83.6 Å². The minimum absolute atomic E-state index is 0.0971. The Morgan fingerprint density at radius 3 is 2.71 bits per heavy atom. The van der Waals surface area contributed by atoms with Gasteiger partial charge in [0, 0.05) is 11.1 Å². The molecule has 0 spiro atoms. The van der Waals surface area contributed by atoms with E-state index in [2.05, 4.69) is 20.7 Å². The molecule has 28 heavy (non-hydrogen) atoms. The highest BCUT2D eigenvalue weighted by Crippen LogP contribution is 2.25. The number of hydrogen-bond donors (Lipinski definition) is 3. The van der Waals surface area contributed by atoms with Crippen molar-refractivity contribution in [3.63, 3.8) is 0 Å². The number of carbonyl (C=O) groups excluding carboxylic acids is 1. The van der Waals surface area contributed by atoms with Crippen LogP contribution in [0, 0.1) is 6.92 Å². The zero-order chi connectivity index (χ0) is 19.5. The van der Waals surface area contributed by atoms with Crippen LogP contribution in [0.1, 0.15) is 21.6 Å². The number of fused-ring (bicyclic) bond motifs is 1. The van der Waals surface area contributed by atoms with Crippen LogP contribution in [0.25, 0.3) is 22.0 Å². The summed E-state index contributed by atoms with van der Waals surface area (Å²) in [7, 11) is 0. The summed E-state index contributed by atoms with van der Waals surface area (Å²) >= 11 is 0. The fraction of sp³-hybridized carbons (Fsp3) is 0.0455. The topological polar surface area (TPSA) is 90.4 Å². The van der Waals surface area contributed by atoms with Crippen LogP contribution in [0.2, 0.25) is 0 Å². The number of aryl methyl sites for hydroxylation is 1. The third kappa shape index (κ3) is 3.48. The van der Waals surface area contributed by atoms with E-state index in [1.807, 2.05) is 61.5 Å². The summed E-state index contributed by atoms with van der Waals surface area (Å²) in [6.45, 7) is 2.01. The van der Waals surface area contributed by atoms with Gasteiger partial charge in [-0.3, -0.25) is 9.89 Å². The summed E-state index contributed by atoms with van der Waals surface area (Å²) in [6, 6.07) is 20.6. The second-order valence-electron chi connectivity index (χ2n) is 6.45. The lowest BCUT2D eigenvalue weighted by atomic mass is 10.0. The predicted molar refractivity (Wildman–Crippen MR) is 109 cm³/mol. The number of hydrogen-bond acceptors (Lipinski definition) is 4. The number of aromatic hydroxyl groups is 1. The van der Waals surface area contributed by atoms with E-state index >= 15 is 0 Å². The lowest BCUT2D eigenvalue weighted by Crippen LogP contribution is -2.18. The van der Waals surface area contributed by atoms with E-state index in [0.717, 1.165) is 21.9 Å². The molecular weight excluding hydrogens is 352 g/mol. The number of nitrogens with zero attached hydrogens (tertiary/aromatic N) is 2. The maximum atomic E-state index is 12.3. The predicted octanol–water partition coefficient (Wildman–Crippen LogP) is 4.01. The van der Waals surface area contributed by atoms with Gasteiger partial charge in [-0.2, -0.15) is 10.2 Å². The van der Waals surface area contributed by atoms with Gasteiger partial charge in [-0.05, 0) is 29.8 Å². The first-order chi connectivity index (χ1) is 13.6. The molecule has 0 radical (unpaired) electrons. The van der Waals surface area contributed by atoms with Crippen molar-refractivity contribution in [3.8, 4) is 17.0 Å². The number of aromatic nitrogens is 2. The smallest absolute Gasteiger partial charge is 0.289 e. The van der Waals surface area contributed by atoms with Crippen molar-refractivity contribution in [1.29, 1.82) is 0 Å². The van der Waals surface area contributed by atoms with Crippen LogP contribution in [0.4, 0.5) is 0 Å². The lowest BCUT2D eigenvalue weighted by Gasteiger charge is -2.04. The molecule has 6 heteroatoms. The molecule has 138 valence electrons. The van der Waals surface area contributed by atoms with Crippen LogP contribution in [-0.2, 0) is 0 Å². The molecule has 0 bridgehead atoms. The minimum atomic E-state index is -0.415. The average molecular weight is 370 g/mol. The third-order valence-corrected chi connectivity index (χ3v) is 4.48.